The quantitative estimate of drug-likeness (QED) is 0.664. The fourth-order valence-corrected chi connectivity index (χ4v) is 1.62. The van der Waals surface area contributed by atoms with Gasteiger partial charge in [0.15, 0.2) is 5.82 Å². The van der Waals surface area contributed by atoms with Crippen LogP contribution in [0.5, 0.6) is 0 Å². The highest BCUT2D eigenvalue weighted by molar-refractivity contribution is 14.1. The summed E-state index contributed by atoms with van der Waals surface area (Å²) in [4.78, 5) is 0. The van der Waals surface area contributed by atoms with Crippen molar-refractivity contribution in [1.82, 2.24) is 0 Å². The van der Waals surface area contributed by atoms with Crippen LogP contribution in [-0.2, 0) is 0 Å². The first-order valence-corrected chi connectivity index (χ1v) is 4.18. The molecule has 1 heterocycles. The summed E-state index contributed by atoms with van der Waals surface area (Å²) < 4.78 is 18.8. The first-order valence-electron chi connectivity index (χ1n) is 3.10. The van der Waals surface area contributed by atoms with Crippen molar-refractivity contribution in [2.24, 2.45) is 0 Å². The van der Waals surface area contributed by atoms with Crippen LogP contribution in [0.25, 0.3) is 11.0 Å². The van der Waals surface area contributed by atoms with E-state index in [2.05, 4.69) is 22.6 Å². The Labute approximate surface area is 76.3 Å². The van der Waals surface area contributed by atoms with Gasteiger partial charge in [-0.3, -0.25) is 0 Å². The smallest absolute Gasteiger partial charge is 0.169 e. The molecule has 11 heavy (non-hydrogen) atoms. The van der Waals surface area contributed by atoms with Crippen molar-refractivity contribution >= 4 is 33.6 Å². The summed E-state index contributed by atoms with van der Waals surface area (Å²) in [7, 11) is 0. The molecular weight excluding hydrogens is 258 g/mol. The monoisotopic (exact) mass is 262 g/mol. The highest BCUT2D eigenvalue weighted by Crippen LogP contribution is 2.23. The molecule has 0 spiro atoms. The van der Waals surface area contributed by atoms with Gasteiger partial charge in [-0.15, -0.1) is 0 Å². The van der Waals surface area contributed by atoms with Crippen molar-refractivity contribution in [3.8, 4) is 0 Å². The van der Waals surface area contributed by atoms with Crippen LogP contribution < -0.4 is 0 Å². The summed E-state index contributed by atoms with van der Waals surface area (Å²) >= 11 is 2.11. The van der Waals surface area contributed by atoms with Gasteiger partial charge in [-0.25, -0.2) is 4.39 Å². The molecule has 0 saturated carbocycles. The topological polar surface area (TPSA) is 13.1 Å². The molecule has 0 aliphatic heterocycles. The lowest BCUT2D eigenvalue weighted by atomic mass is 10.2. The van der Waals surface area contributed by atoms with Crippen LogP contribution in [0.3, 0.4) is 0 Å². The Balaban J connectivity index is 2.94. The number of hydrogen-bond donors (Lipinski definition) is 0. The van der Waals surface area contributed by atoms with E-state index in [1.54, 1.807) is 6.07 Å². The summed E-state index contributed by atoms with van der Waals surface area (Å²) in [5.74, 6) is -0.293. The Bertz CT molecular complexity index is 394. The lowest BCUT2D eigenvalue weighted by Gasteiger charge is -1.89. The second-order valence-corrected chi connectivity index (χ2v) is 3.36. The molecule has 0 N–H and O–H groups in total. The zero-order valence-corrected chi connectivity index (χ0v) is 7.63. The standard InChI is InChI=1S/C8H4FIO/c9-6-4-11-8-5(6)2-1-3-7(8)10/h1-4H. The summed E-state index contributed by atoms with van der Waals surface area (Å²) in [6, 6.07) is 5.39. The highest BCUT2D eigenvalue weighted by Gasteiger charge is 2.06. The molecular formula is C8H4FIO. The van der Waals surface area contributed by atoms with E-state index in [9.17, 15) is 4.39 Å². The Morgan fingerprint density at radius 1 is 1.36 bits per heavy atom. The summed E-state index contributed by atoms with van der Waals surface area (Å²) in [5.41, 5.74) is 0.630. The largest absolute Gasteiger partial charge is 0.460 e. The Hall–Kier alpha value is -0.580. The van der Waals surface area contributed by atoms with Gasteiger partial charge in [0.2, 0.25) is 0 Å². The van der Waals surface area contributed by atoms with E-state index in [0.717, 1.165) is 9.83 Å². The average molecular weight is 262 g/mol. The Morgan fingerprint density at radius 3 is 2.91 bits per heavy atom. The van der Waals surface area contributed by atoms with Crippen LogP contribution in [0.2, 0.25) is 0 Å². The van der Waals surface area contributed by atoms with Gasteiger partial charge < -0.3 is 4.42 Å². The number of benzene rings is 1. The van der Waals surface area contributed by atoms with Crippen molar-refractivity contribution < 1.29 is 8.81 Å². The van der Waals surface area contributed by atoms with E-state index in [0.29, 0.717) is 11.0 Å². The van der Waals surface area contributed by atoms with E-state index in [-0.39, 0.29) is 5.82 Å². The van der Waals surface area contributed by atoms with E-state index in [1.165, 1.54) is 0 Å². The molecule has 0 radical (unpaired) electrons. The van der Waals surface area contributed by atoms with Crippen molar-refractivity contribution in [3.63, 3.8) is 0 Å². The minimum absolute atomic E-state index is 0.293. The van der Waals surface area contributed by atoms with Crippen molar-refractivity contribution in [2.75, 3.05) is 0 Å². The SMILES string of the molecule is Fc1coc2c(I)cccc12. The van der Waals surface area contributed by atoms with Crippen molar-refractivity contribution in [1.29, 1.82) is 0 Å². The molecule has 0 unspecified atom stereocenters. The van der Waals surface area contributed by atoms with Gasteiger partial charge in [-0.2, -0.15) is 0 Å². The number of halogens is 2. The maximum Gasteiger partial charge on any atom is 0.169 e. The molecule has 1 nitrogen and oxygen atoms in total. The van der Waals surface area contributed by atoms with Gasteiger partial charge >= 0.3 is 0 Å². The normalized spacial score (nSPS) is 10.7. The number of fused-ring (bicyclic) bond motifs is 1. The van der Waals surface area contributed by atoms with Gasteiger partial charge in [0.25, 0.3) is 0 Å². The first kappa shape index (κ1) is 7.09. The highest BCUT2D eigenvalue weighted by atomic mass is 127. The van der Waals surface area contributed by atoms with E-state index in [4.69, 9.17) is 4.42 Å². The fourth-order valence-electron chi connectivity index (χ4n) is 0.991. The van der Waals surface area contributed by atoms with Gasteiger partial charge in [0, 0.05) is 0 Å². The fraction of sp³-hybridized carbons (Fsp3) is 0. The van der Waals surface area contributed by atoms with Gasteiger partial charge in [-0.1, -0.05) is 6.07 Å². The molecule has 0 saturated heterocycles. The molecule has 0 aliphatic rings. The van der Waals surface area contributed by atoms with E-state index >= 15 is 0 Å². The summed E-state index contributed by atoms with van der Waals surface area (Å²) in [5, 5.41) is 0.553. The zero-order valence-electron chi connectivity index (χ0n) is 5.47. The predicted octanol–water partition coefficient (Wildman–Crippen LogP) is 3.18. The first-order chi connectivity index (χ1) is 5.29. The van der Waals surface area contributed by atoms with Crippen molar-refractivity contribution in [3.05, 3.63) is 33.8 Å². The van der Waals surface area contributed by atoms with Crippen LogP contribution in [0, 0.1) is 9.39 Å². The van der Waals surface area contributed by atoms with Gasteiger partial charge in [0.1, 0.15) is 11.8 Å². The van der Waals surface area contributed by atoms with Crippen LogP contribution in [-0.4, -0.2) is 0 Å². The summed E-state index contributed by atoms with van der Waals surface area (Å²) in [6.07, 6.45) is 1.13. The minimum Gasteiger partial charge on any atom is -0.460 e. The molecule has 2 rings (SSSR count). The molecule has 3 heteroatoms. The van der Waals surface area contributed by atoms with Crippen molar-refractivity contribution in [2.45, 2.75) is 0 Å². The van der Waals surface area contributed by atoms with E-state index < -0.39 is 0 Å². The third-order valence-electron chi connectivity index (χ3n) is 1.50. The molecule has 1 aromatic heterocycles. The third-order valence-corrected chi connectivity index (χ3v) is 2.35. The van der Waals surface area contributed by atoms with Gasteiger partial charge in [0.05, 0.1) is 8.96 Å². The lowest BCUT2D eigenvalue weighted by molar-refractivity contribution is 0.557. The maximum absolute atomic E-state index is 12.8. The molecule has 0 aliphatic carbocycles. The molecule has 56 valence electrons. The molecule has 0 fully saturated rings. The molecule has 0 atom stereocenters. The van der Waals surface area contributed by atoms with Gasteiger partial charge in [-0.05, 0) is 34.7 Å². The Morgan fingerprint density at radius 2 is 2.18 bits per heavy atom. The summed E-state index contributed by atoms with van der Waals surface area (Å²) in [6.45, 7) is 0. The minimum atomic E-state index is -0.293. The number of para-hydroxylation sites is 1. The zero-order chi connectivity index (χ0) is 7.84. The van der Waals surface area contributed by atoms with Crippen LogP contribution in [0.1, 0.15) is 0 Å². The van der Waals surface area contributed by atoms with E-state index in [1.807, 2.05) is 12.1 Å². The average Bonchev–Trinajstić information content (AvgIpc) is 2.35. The van der Waals surface area contributed by atoms with Crippen LogP contribution in [0.15, 0.2) is 28.9 Å². The number of furan rings is 1. The predicted molar refractivity (Wildman–Crippen MR) is 48.9 cm³/mol. The second kappa shape index (κ2) is 2.48. The van der Waals surface area contributed by atoms with Crippen LogP contribution in [0.4, 0.5) is 4.39 Å². The Kier molecular flexibility index (Phi) is 1.60. The maximum atomic E-state index is 12.8. The van der Waals surface area contributed by atoms with Crippen LogP contribution >= 0.6 is 22.6 Å². The third kappa shape index (κ3) is 1.03. The molecule has 2 aromatic rings. The molecule has 0 amide bonds. The second-order valence-electron chi connectivity index (χ2n) is 2.20. The number of hydrogen-bond acceptors (Lipinski definition) is 1. The molecule has 0 bridgehead atoms. The number of rotatable bonds is 0. The lowest BCUT2D eigenvalue weighted by Crippen LogP contribution is -1.71. The molecule has 1 aromatic carbocycles.